The van der Waals surface area contributed by atoms with Gasteiger partial charge in [-0.2, -0.15) is 0 Å². The van der Waals surface area contributed by atoms with Gasteiger partial charge in [0.15, 0.2) is 0 Å². The molecule has 0 radical (unpaired) electrons. The molecule has 0 saturated carbocycles. The molecular weight excluding hydrogens is 422 g/mol. The Morgan fingerprint density at radius 2 is 1.48 bits per heavy atom. The third-order valence-electron chi connectivity index (χ3n) is 6.27. The van der Waals surface area contributed by atoms with Crippen LogP contribution in [0.25, 0.3) is 5.57 Å². The van der Waals surface area contributed by atoms with Gasteiger partial charge >= 0.3 is 0 Å². The summed E-state index contributed by atoms with van der Waals surface area (Å²) >= 11 is 1.87. The highest BCUT2D eigenvalue weighted by Gasteiger charge is 2.22. The Labute approximate surface area is 202 Å². The minimum atomic E-state index is 0.0915. The van der Waals surface area contributed by atoms with Crippen LogP contribution in [0.4, 0.5) is 5.69 Å². The van der Waals surface area contributed by atoms with Crippen LogP contribution in [-0.2, 0) is 4.79 Å². The fourth-order valence-electron chi connectivity index (χ4n) is 4.55. The van der Waals surface area contributed by atoms with Crippen molar-refractivity contribution in [3.8, 4) is 0 Å². The maximum Gasteiger partial charge on any atom is 0.224 e. The number of hydrogen-bond acceptors (Lipinski definition) is 2. The third kappa shape index (κ3) is 5.25. The molecule has 3 aromatic rings. The average Bonchev–Trinajstić information content (AvgIpc) is 2.82. The van der Waals surface area contributed by atoms with Gasteiger partial charge in [0, 0.05) is 22.8 Å². The van der Waals surface area contributed by atoms with E-state index in [-0.39, 0.29) is 5.91 Å². The van der Waals surface area contributed by atoms with Gasteiger partial charge in [-0.15, -0.1) is 11.8 Å². The first-order valence-corrected chi connectivity index (χ1v) is 12.9. The number of carbonyl (C=O) groups excluding carboxylic acids is 1. The summed E-state index contributed by atoms with van der Waals surface area (Å²) in [6.07, 6.45) is 1.25. The molecule has 1 amide bonds. The first-order chi connectivity index (χ1) is 16.0. The summed E-state index contributed by atoms with van der Waals surface area (Å²) < 4.78 is 0. The lowest BCUT2D eigenvalue weighted by molar-refractivity contribution is -0.116. The number of benzene rings is 3. The van der Waals surface area contributed by atoms with Gasteiger partial charge < -0.3 is 5.32 Å². The largest absolute Gasteiger partial charge is 0.326 e. The van der Waals surface area contributed by atoms with E-state index < -0.39 is 0 Å². The van der Waals surface area contributed by atoms with Crippen LogP contribution in [0.15, 0.2) is 83.3 Å². The first-order valence-electron chi connectivity index (χ1n) is 11.9. The molecule has 1 aliphatic rings. The van der Waals surface area contributed by atoms with Crippen LogP contribution in [0, 0.1) is 0 Å². The Bertz CT molecular complexity index is 1130. The molecule has 0 saturated heterocycles. The lowest BCUT2D eigenvalue weighted by atomic mass is 9.91. The second kappa shape index (κ2) is 10.4. The van der Waals surface area contributed by atoms with Crippen molar-refractivity contribution in [1.82, 2.24) is 0 Å². The topological polar surface area (TPSA) is 29.1 Å². The van der Waals surface area contributed by atoms with Crippen molar-refractivity contribution in [2.75, 3.05) is 11.1 Å². The summed E-state index contributed by atoms with van der Waals surface area (Å²) in [7, 11) is 0. The normalized spacial score (nSPS) is 13.4. The number of carbonyl (C=O) groups is 1. The first kappa shape index (κ1) is 23.4. The van der Waals surface area contributed by atoms with Gasteiger partial charge in [-0.1, -0.05) is 100.0 Å². The predicted octanol–water partition coefficient (Wildman–Crippen LogP) is 8.26. The van der Waals surface area contributed by atoms with E-state index >= 15 is 0 Å². The van der Waals surface area contributed by atoms with Gasteiger partial charge in [-0.3, -0.25) is 4.79 Å². The second-order valence-corrected chi connectivity index (χ2v) is 10.3. The van der Waals surface area contributed by atoms with Gasteiger partial charge in [-0.05, 0) is 52.1 Å². The molecule has 0 aliphatic carbocycles. The number of amides is 1. The summed E-state index contributed by atoms with van der Waals surface area (Å²) in [6.45, 7) is 8.73. The molecular formula is C30H33NOS. The molecule has 1 aliphatic heterocycles. The molecule has 1 heterocycles. The molecule has 0 aromatic heterocycles. The lowest BCUT2D eigenvalue weighted by Crippen LogP contribution is -2.16. The molecule has 33 heavy (non-hydrogen) atoms. The zero-order valence-corrected chi connectivity index (χ0v) is 20.8. The maximum absolute atomic E-state index is 13.2. The van der Waals surface area contributed by atoms with E-state index in [2.05, 4.69) is 106 Å². The Hall–Kier alpha value is -2.78. The average molecular weight is 456 g/mol. The summed E-state index contributed by atoms with van der Waals surface area (Å²) in [4.78, 5) is 14.5. The molecule has 0 unspecified atom stereocenters. The van der Waals surface area contributed by atoms with Crippen LogP contribution in [0.5, 0.6) is 0 Å². The number of rotatable bonds is 7. The van der Waals surface area contributed by atoms with Crippen LogP contribution in [-0.4, -0.2) is 11.7 Å². The number of nitrogens with one attached hydrogen (secondary N) is 1. The van der Waals surface area contributed by atoms with Gasteiger partial charge in [0.05, 0.1) is 0 Å². The van der Waals surface area contributed by atoms with Crippen LogP contribution >= 0.6 is 11.8 Å². The highest BCUT2D eigenvalue weighted by atomic mass is 32.2. The Morgan fingerprint density at radius 1 is 0.848 bits per heavy atom. The van der Waals surface area contributed by atoms with Crippen LogP contribution < -0.4 is 5.32 Å². The fourth-order valence-corrected chi connectivity index (χ4v) is 5.67. The number of para-hydroxylation sites is 1. The van der Waals surface area contributed by atoms with Crippen LogP contribution in [0.1, 0.15) is 74.6 Å². The van der Waals surface area contributed by atoms with Crippen molar-refractivity contribution in [3.63, 3.8) is 0 Å². The van der Waals surface area contributed by atoms with Crippen molar-refractivity contribution >= 4 is 28.9 Å². The van der Waals surface area contributed by atoms with E-state index in [9.17, 15) is 4.79 Å². The Kier molecular flexibility index (Phi) is 7.39. The monoisotopic (exact) mass is 455 g/mol. The predicted molar refractivity (Wildman–Crippen MR) is 142 cm³/mol. The Balaban J connectivity index is 1.60. The zero-order chi connectivity index (χ0) is 23.4. The van der Waals surface area contributed by atoms with Gasteiger partial charge in [0.25, 0.3) is 0 Å². The van der Waals surface area contributed by atoms with Gasteiger partial charge in [0.2, 0.25) is 5.91 Å². The van der Waals surface area contributed by atoms with E-state index in [1.165, 1.54) is 38.3 Å². The van der Waals surface area contributed by atoms with Crippen LogP contribution in [0.3, 0.4) is 0 Å². The van der Waals surface area contributed by atoms with Crippen LogP contribution in [0.2, 0.25) is 0 Å². The van der Waals surface area contributed by atoms with Crippen molar-refractivity contribution in [3.05, 3.63) is 101 Å². The number of hydrogen-bond donors (Lipinski definition) is 1. The Morgan fingerprint density at radius 3 is 2.15 bits per heavy atom. The van der Waals surface area contributed by atoms with E-state index in [1.54, 1.807) is 0 Å². The molecule has 0 spiro atoms. The van der Waals surface area contributed by atoms with Crippen molar-refractivity contribution in [1.29, 1.82) is 0 Å². The maximum atomic E-state index is 13.2. The smallest absolute Gasteiger partial charge is 0.224 e. The molecule has 3 aromatic carbocycles. The van der Waals surface area contributed by atoms with E-state index in [1.807, 2.05) is 11.8 Å². The molecule has 0 bridgehead atoms. The summed E-state index contributed by atoms with van der Waals surface area (Å²) in [5.41, 5.74) is 8.58. The SMILES string of the molecule is CC(C)c1cccc(C(C)C)c1NC(=O)CCC1=C(c2ccccc2)c2ccccc2SC1. The molecule has 4 rings (SSSR count). The highest BCUT2D eigenvalue weighted by molar-refractivity contribution is 7.99. The van der Waals surface area contributed by atoms with Gasteiger partial charge in [-0.25, -0.2) is 0 Å². The summed E-state index contributed by atoms with van der Waals surface area (Å²) in [6, 6.07) is 25.6. The summed E-state index contributed by atoms with van der Waals surface area (Å²) in [5, 5.41) is 3.29. The molecule has 0 fully saturated rings. The molecule has 0 atom stereocenters. The van der Waals surface area contributed by atoms with Gasteiger partial charge in [0.1, 0.15) is 0 Å². The van der Waals surface area contributed by atoms with Crippen molar-refractivity contribution in [2.45, 2.75) is 57.3 Å². The number of thioether (sulfide) groups is 1. The number of fused-ring (bicyclic) bond motifs is 1. The molecule has 1 N–H and O–H groups in total. The van der Waals surface area contributed by atoms with E-state index in [0.717, 1.165) is 17.9 Å². The molecule has 2 nitrogen and oxygen atoms in total. The fraction of sp³-hybridized carbons (Fsp3) is 0.300. The minimum Gasteiger partial charge on any atom is -0.326 e. The second-order valence-electron chi connectivity index (χ2n) is 9.30. The standard InChI is InChI=1S/C30H33NOS/c1-20(2)24-14-10-15-25(21(3)4)30(24)31-28(32)18-17-23-19-33-27-16-9-8-13-26(27)29(23)22-11-6-5-7-12-22/h5-16,20-21H,17-19H2,1-4H3,(H,31,32). The molecule has 170 valence electrons. The quantitative estimate of drug-likeness (QED) is 0.388. The summed E-state index contributed by atoms with van der Waals surface area (Å²) in [5.74, 6) is 1.73. The van der Waals surface area contributed by atoms with E-state index in [0.29, 0.717) is 18.3 Å². The zero-order valence-electron chi connectivity index (χ0n) is 20.0. The number of anilines is 1. The molecule has 3 heteroatoms. The van der Waals surface area contributed by atoms with Crippen molar-refractivity contribution < 1.29 is 4.79 Å². The lowest BCUT2D eigenvalue weighted by Gasteiger charge is -2.24. The third-order valence-corrected chi connectivity index (χ3v) is 7.43. The van der Waals surface area contributed by atoms with E-state index in [4.69, 9.17) is 0 Å². The van der Waals surface area contributed by atoms with Crippen molar-refractivity contribution in [2.24, 2.45) is 0 Å². The highest BCUT2D eigenvalue weighted by Crippen LogP contribution is 2.42. The minimum absolute atomic E-state index is 0.0915.